The summed E-state index contributed by atoms with van der Waals surface area (Å²) in [5, 5.41) is 11.1. The second kappa shape index (κ2) is 9.00. The molecule has 0 saturated carbocycles. The first-order valence-corrected chi connectivity index (χ1v) is 9.22. The largest absolute Gasteiger partial charge is 0.378 e. The van der Waals surface area contributed by atoms with Crippen molar-refractivity contribution in [3.05, 3.63) is 33.9 Å². The fourth-order valence-electron chi connectivity index (χ4n) is 2.71. The van der Waals surface area contributed by atoms with Gasteiger partial charge in [0.15, 0.2) is 0 Å². The number of ether oxygens (including phenoxy) is 1. The van der Waals surface area contributed by atoms with Crippen LogP contribution in [0.5, 0.6) is 0 Å². The number of nitro groups is 1. The molecule has 1 saturated heterocycles. The predicted octanol–water partition coefficient (Wildman–Crippen LogP) is 2.29. The van der Waals surface area contributed by atoms with Crippen LogP contribution in [-0.4, -0.2) is 54.3 Å². The third kappa shape index (κ3) is 4.68. The molecule has 8 heteroatoms. The molecule has 0 spiro atoms. The normalized spacial score (nSPS) is 15.5. The molecule has 0 atom stereocenters. The van der Waals surface area contributed by atoms with Gasteiger partial charge in [0.2, 0.25) is 0 Å². The van der Waals surface area contributed by atoms with E-state index in [1.807, 2.05) is 0 Å². The average molecular weight is 353 g/mol. The van der Waals surface area contributed by atoms with Crippen LogP contribution >= 0.6 is 11.8 Å². The molecule has 1 heterocycles. The third-order valence-electron chi connectivity index (χ3n) is 4.05. The quantitative estimate of drug-likeness (QED) is 0.349. The van der Waals surface area contributed by atoms with Gasteiger partial charge in [-0.25, -0.2) is 0 Å². The van der Waals surface area contributed by atoms with Gasteiger partial charge in [-0.1, -0.05) is 0 Å². The molecule has 132 valence electrons. The number of nitrogens with zero attached hydrogens (tertiary/aromatic N) is 2. The minimum Gasteiger partial charge on any atom is -0.378 e. The summed E-state index contributed by atoms with van der Waals surface area (Å²) in [5.74, 6) is -0.161. The maximum atomic E-state index is 12.6. The highest BCUT2D eigenvalue weighted by Gasteiger charge is 2.25. The topological polar surface area (TPSA) is 98.7 Å². The monoisotopic (exact) mass is 353 g/mol. The van der Waals surface area contributed by atoms with Crippen LogP contribution < -0.4 is 5.73 Å². The van der Waals surface area contributed by atoms with Crippen molar-refractivity contribution in [2.75, 3.05) is 32.5 Å². The van der Waals surface area contributed by atoms with Crippen molar-refractivity contribution >= 4 is 23.4 Å². The standard InChI is InChI=1S/C16H23N3O4S/c1-24-15-4-3-12(11-14(15)19(21)22)16(20)18-8-5-13(6-9-18)23-10-2-7-17/h3-4,11,13H,2,5-10,17H2,1H3. The number of amides is 1. The summed E-state index contributed by atoms with van der Waals surface area (Å²) in [7, 11) is 0. The SMILES string of the molecule is CSc1ccc(C(=O)N2CCC(OCCCN)CC2)cc1[N+](=O)[O-]. The molecule has 0 radical (unpaired) electrons. The van der Waals surface area contributed by atoms with E-state index in [0.29, 0.717) is 36.7 Å². The maximum absolute atomic E-state index is 12.6. The molecule has 2 rings (SSSR count). The van der Waals surface area contributed by atoms with E-state index in [9.17, 15) is 14.9 Å². The molecule has 24 heavy (non-hydrogen) atoms. The molecule has 1 fully saturated rings. The number of piperidine rings is 1. The van der Waals surface area contributed by atoms with E-state index in [4.69, 9.17) is 10.5 Å². The minimum absolute atomic E-state index is 0.0200. The van der Waals surface area contributed by atoms with Gasteiger partial charge >= 0.3 is 0 Å². The molecule has 0 bridgehead atoms. The van der Waals surface area contributed by atoms with Gasteiger partial charge in [0.05, 0.1) is 15.9 Å². The Kier molecular flexibility index (Phi) is 7.01. The van der Waals surface area contributed by atoms with Gasteiger partial charge in [0.1, 0.15) is 0 Å². The number of thioether (sulfide) groups is 1. The highest BCUT2D eigenvalue weighted by atomic mass is 32.2. The highest BCUT2D eigenvalue weighted by Crippen LogP contribution is 2.29. The third-order valence-corrected chi connectivity index (χ3v) is 4.84. The number of nitrogens with two attached hydrogens (primary N) is 1. The lowest BCUT2D eigenvalue weighted by atomic mass is 10.1. The van der Waals surface area contributed by atoms with Gasteiger partial charge in [-0.15, -0.1) is 11.8 Å². The number of carbonyl (C=O) groups excluding carboxylic acids is 1. The van der Waals surface area contributed by atoms with Crippen LogP contribution in [0.3, 0.4) is 0 Å². The van der Waals surface area contributed by atoms with E-state index >= 15 is 0 Å². The lowest BCUT2D eigenvalue weighted by molar-refractivity contribution is -0.387. The summed E-state index contributed by atoms with van der Waals surface area (Å²) in [6.07, 6.45) is 4.33. The van der Waals surface area contributed by atoms with Crippen LogP contribution in [0.4, 0.5) is 5.69 Å². The maximum Gasteiger partial charge on any atom is 0.283 e. The Morgan fingerprint density at radius 3 is 2.75 bits per heavy atom. The molecule has 1 amide bonds. The smallest absolute Gasteiger partial charge is 0.283 e. The van der Waals surface area contributed by atoms with E-state index in [-0.39, 0.29) is 17.7 Å². The molecular weight excluding hydrogens is 330 g/mol. The first-order valence-electron chi connectivity index (χ1n) is 8.00. The van der Waals surface area contributed by atoms with Gasteiger partial charge in [-0.3, -0.25) is 14.9 Å². The van der Waals surface area contributed by atoms with Crippen molar-refractivity contribution < 1.29 is 14.5 Å². The van der Waals surface area contributed by atoms with E-state index in [2.05, 4.69) is 0 Å². The summed E-state index contributed by atoms with van der Waals surface area (Å²) in [4.78, 5) is 25.6. The van der Waals surface area contributed by atoms with E-state index in [1.165, 1.54) is 17.8 Å². The van der Waals surface area contributed by atoms with E-state index in [1.54, 1.807) is 23.3 Å². The number of nitro benzene ring substituents is 1. The van der Waals surface area contributed by atoms with Crippen molar-refractivity contribution in [1.29, 1.82) is 0 Å². The Morgan fingerprint density at radius 2 is 2.17 bits per heavy atom. The molecule has 1 aliphatic rings. The van der Waals surface area contributed by atoms with Gasteiger partial charge in [0.25, 0.3) is 11.6 Å². The Hall–Kier alpha value is -1.64. The summed E-state index contributed by atoms with van der Waals surface area (Å²) >= 11 is 1.30. The van der Waals surface area contributed by atoms with Crippen LogP contribution in [0.1, 0.15) is 29.6 Å². The number of hydrogen-bond acceptors (Lipinski definition) is 6. The molecule has 1 aromatic rings. The lowest BCUT2D eigenvalue weighted by Gasteiger charge is -2.32. The van der Waals surface area contributed by atoms with E-state index < -0.39 is 4.92 Å². The number of rotatable bonds is 7. The van der Waals surface area contributed by atoms with Crippen LogP contribution in [0.25, 0.3) is 0 Å². The number of hydrogen-bond donors (Lipinski definition) is 1. The summed E-state index contributed by atoms with van der Waals surface area (Å²) in [6.45, 7) is 2.47. The highest BCUT2D eigenvalue weighted by molar-refractivity contribution is 7.98. The second-order valence-electron chi connectivity index (χ2n) is 5.65. The molecule has 2 N–H and O–H groups in total. The summed E-state index contributed by atoms with van der Waals surface area (Å²) < 4.78 is 5.73. The Balaban J connectivity index is 1.98. The first kappa shape index (κ1) is 18.7. The molecular formula is C16H23N3O4S. The van der Waals surface area contributed by atoms with Crippen molar-refractivity contribution in [1.82, 2.24) is 4.90 Å². The number of likely N-dealkylation sites (tertiary alicyclic amines) is 1. The predicted molar refractivity (Wildman–Crippen MR) is 93.4 cm³/mol. The molecule has 1 aromatic carbocycles. The second-order valence-corrected chi connectivity index (χ2v) is 6.50. The zero-order valence-corrected chi connectivity index (χ0v) is 14.6. The molecule has 1 aliphatic heterocycles. The fourth-order valence-corrected chi connectivity index (χ4v) is 3.25. The fraction of sp³-hybridized carbons (Fsp3) is 0.562. The molecule has 0 aliphatic carbocycles. The molecule has 0 unspecified atom stereocenters. The van der Waals surface area contributed by atoms with Crippen molar-refractivity contribution in [2.24, 2.45) is 5.73 Å². The number of benzene rings is 1. The van der Waals surface area contributed by atoms with E-state index in [0.717, 1.165) is 19.3 Å². The average Bonchev–Trinajstić information content (AvgIpc) is 2.61. The minimum atomic E-state index is -0.444. The Labute approximate surface area is 145 Å². The first-order chi connectivity index (χ1) is 11.6. The Morgan fingerprint density at radius 1 is 1.46 bits per heavy atom. The summed E-state index contributed by atoms with van der Waals surface area (Å²) in [5.41, 5.74) is 5.79. The van der Waals surface area contributed by atoms with Crippen LogP contribution in [0.2, 0.25) is 0 Å². The Bertz CT molecular complexity index is 589. The molecule has 0 aromatic heterocycles. The van der Waals surface area contributed by atoms with Crippen molar-refractivity contribution in [2.45, 2.75) is 30.3 Å². The van der Waals surface area contributed by atoms with Crippen LogP contribution in [-0.2, 0) is 4.74 Å². The van der Waals surface area contributed by atoms with Crippen molar-refractivity contribution in [3.8, 4) is 0 Å². The number of carbonyl (C=O) groups is 1. The van der Waals surface area contributed by atoms with Crippen LogP contribution in [0, 0.1) is 10.1 Å². The molecule has 7 nitrogen and oxygen atoms in total. The summed E-state index contributed by atoms with van der Waals surface area (Å²) in [6, 6.07) is 4.67. The van der Waals surface area contributed by atoms with Gasteiger partial charge < -0.3 is 15.4 Å². The van der Waals surface area contributed by atoms with Gasteiger partial charge in [-0.2, -0.15) is 0 Å². The zero-order chi connectivity index (χ0) is 17.5. The van der Waals surface area contributed by atoms with Gasteiger partial charge in [-0.05, 0) is 44.2 Å². The van der Waals surface area contributed by atoms with Crippen LogP contribution in [0.15, 0.2) is 23.1 Å². The zero-order valence-electron chi connectivity index (χ0n) is 13.8. The van der Waals surface area contributed by atoms with Gasteiger partial charge in [0, 0.05) is 31.3 Å². The van der Waals surface area contributed by atoms with Crippen molar-refractivity contribution in [3.63, 3.8) is 0 Å². The lowest BCUT2D eigenvalue weighted by Crippen LogP contribution is -2.41.